The molecule has 0 radical (unpaired) electrons. The number of piperidine rings is 1. The highest BCUT2D eigenvalue weighted by molar-refractivity contribution is 9.10. The fraction of sp³-hybridized carbons (Fsp3) is 0.429. The molecule has 1 saturated heterocycles. The summed E-state index contributed by atoms with van der Waals surface area (Å²) in [5, 5.41) is 0. The lowest BCUT2D eigenvalue weighted by Gasteiger charge is -2.34. The number of hydrogen-bond donors (Lipinski definition) is 0. The third-order valence-electron chi connectivity index (χ3n) is 3.19. The van der Waals surface area contributed by atoms with Crippen LogP contribution in [0.4, 0.5) is 4.39 Å². The Morgan fingerprint density at radius 2 is 1.84 bits per heavy atom. The summed E-state index contributed by atoms with van der Waals surface area (Å²) >= 11 is 3.10. The fourth-order valence-electron chi connectivity index (χ4n) is 2.21. The van der Waals surface area contributed by atoms with Crippen LogP contribution in [0.5, 0.6) is 0 Å². The molecule has 1 aliphatic heterocycles. The Bertz CT molecular complexity index is 522. The maximum atomic E-state index is 13.1. The lowest BCUT2D eigenvalue weighted by molar-refractivity contribution is -0.153. The quantitative estimate of drug-likeness (QED) is 0.782. The number of hydrogen-bond acceptors (Lipinski definition) is 2. The summed E-state index contributed by atoms with van der Waals surface area (Å²) in [4.78, 5) is 25.2. The molecule has 0 bridgehead atoms. The Morgan fingerprint density at radius 3 is 2.37 bits per heavy atom. The summed E-state index contributed by atoms with van der Waals surface area (Å²) in [5.41, 5.74) is 0.461. The molecular formula is C14H15BrFNO2. The van der Waals surface area contributed by atoms with Crippen LogP contribution in [-0.4, -0.2) is 16.7 Å². The van der Waals surface area contributed by atoms with Gasteiger partial charge in [-0.1, -0.05) is 19.9 Å². The first-order valence-corrected chi connectivity index (χ1v) is 6.85. The molecule has 1 heterocycles. The number of amides is 2. The molecule has 0 spiro atoms. The minimum atomic E-state index is -0.360. The molecule has 102 valence electrons. The Morgan fingerprint density at radius 1 is 1.26 bits per heavy atom. The van der Waals surface area contributed by atoms with E-state index in [9.17, 15) is 14.0 Å². The van der Waals surface area contributed by atoms with Crippen molar-refractivity contribution in [3.05, 3.63) is 34.1 Å². The van der Waals surface area contributed by atoms with E-state index in [1.165, 1.54) is 11.0 Å². The molecule has 1 aromatic carbocycles. The molecule has 1 aromatic rings. The molecule has 3 nitrogen and oxygen atoms in total. The first kappa shape index (κ1) is 14.2. The maximum absolute atomic E-state index is 13.1. The smallest absolute Gasteiger partial charge is 0.230 e. The van der Waals surface area contributed by atoms with Gasteiger partial charge in [-0.05, 0) is 39.0 Å². The third-order valence-corrected chi connectivity index (χ3v) is 3.79. The highest BCUT2D eigenvalue weighted by Crippen LogP contribution is 2.32. The van der Waals surface area contributed by atoms with Crippen LogP contribution in [-0.2, 0) is 16.1 Å². The number of nitrogens with zero attached hydrogens (tertiary/aromatic N) is 1. The van der Waals surface area contributed by atoms with Crippen molar-refractivity contribution in [1.29, 1.82) is 0 Å². The average Bonchev–Trinajstić information content (AvgIpc) is 2.27. The molecule has 0 saturated carbocycles. The monoisotopic (exact) mass is 327 g/mol. The van der Waals surface area contributed by atoms with Crippen molar-refractivity contribution in [2.45, 2.75) is 33.2 Å². The molecule has 0 N–H and O–H groups in total. The van der Waals surface area contributed by atoms with Crippen LogP contribution in [0.25, 0.3) is 0 Å². The van der Waals surface area contributed by atoms with Crippen molar-refractivity contribution in [2.24, 2.45) is 5.41 Å². The van der Waals surface area contributed by atoms with Crippen LogP contribution in [0, 0.1) is 11.2 Å². The predicted molar refractivity (Wildman–Crippen MR) is 72.7 cm³/mol. The normalized spacial score (nSPS) is 18.8. The SMILES string of the molecule is CC1(C)CC(=O)N(Cc2ccc(F)c(Br)c2)C(=O)C1. The average molecular weight is 328 g/mol. The second kappa shape index (κ2) is 5.04. The van der Waals surface area contributed by atoms with Crippen LogP contribution in [0.3, 0.4) is 0 Å². The summed E-state index contributed by atoms with van der Waals surface area (Å²) in [6.45, 7) is 4.02. The summed E-state index contributed by atoms with van der Waals surface area (Å²) in [5.74, 6) is -0.690. The highest BCUT2D eigenvalue weighted by Gasteiger charge is 2.37. The van der Waals surface area contributed by atoms with Crippen LogP contribution in [0.1, 0.15) is 32.3 Å². The number of carbonyl (C=O) groups is 2. The van der Waals surface area contributed by atoms with Gasteiger partial charge in [-0.2, -0.15) is 0 Å². The minimum absolute atomic E-state index is 0.165. The molecule has 2 rings (SSSR count). The van der Waals surface area contributed by atoms with E-state index in [0.717, 1.165) is 5.56 Å². The predicted octanol–water partition coefficient (Wildman–Crippen LogP) is 3.26. The molecule has 5 heteroatoms. The molecule has 2 amide bonds. The Balaban J connectivity index is 2.16. The first-order chi connectivity index (χ1) is 8.78. The van der Waals surface area contributed by atoms with Gasteiger partial charge in [0, 0.05) is 12.8 Å². The number of carbonyl (C=O) groups excluding carboxylic acids is 2. The van der Waals surface area contributed by atoms with Crippen molar-refractivity contribution in [3.8, 4) is 0 Å². The van der Waals surface area contributed by atoms with Crippen LogP contribution >= 0.6 is 15.9 Å². The van der Waals surface area contributed by atoms with E-state index in [0.29, 0.717) is 17.3 Å². The second-order valence-electron chi connectivity index (χ2n) is 5.64. The Kier molecular flexibility index (Phi) is 3.76. The number of rotatable bonds is 2. The van der Waals surface area contributed by atoms with E-state index in [4.69, 9.17) is 0 Å². The summed E-state index contributed by atoms with van der Waals surface area (Å²) in [6.07, 6.45) is 0.724. The number of likely N-dealkylation sites (tertiary alicyclic amines) is 1. The van der Waals surface area contributed by atoms with E-state index in [1.54, 1.807) is 12.1 Å². The maximum Gasteiger partial charge on any atom is 0.230 e. The second-order valence-corrected chi connectivity index (χ2v) is 6.49. The molecular weight excluding hydrogens is 313 g/mol. The van der Waals surface area contributed by atoms with Gasteiger partial charge in [0.05, 0.1) is 11.0 Å². The van der Waals surface area contributed by atoms with Gasteiger partial charge < -0.3 is 0 Å². The summed E-state index contributed by atoms with van der Waals surface area (Å²) in [7, 11) is 0. The van der Waals surface area contributed by atoms with Crippen molar-refractivity contribution < 1.29 is 14.0 Å². The van der Waals surface area contributed by atoms with Gasteiger partial charge in [0.1, 0.15) is 5.82 Å². The van der Waals surface area contributed by atoms with E-state index in [1.807, 2.05) is 13.8 Å². The molecule has 19 heavy (non-hydrogen) atoms. The van der Waals surface area contributed by atoms with Crippen molar-refractivity contribution >= 4 is 27.7 Å². The zero-order chi connectivity index (χ0) is 14.2. The topological polar surface area (TPSA) is 37.4 Å². The van der Waals surface area contributed by atoms with Crippen molar-refractivity contribution in [2.75, 3.05) is 0 Å². The van der Waals surface area contributed by atoms with Gasteiger partial charge in [-0.15, -0.1) is 0 Å². The number of benzene rings is 1. The molecule has 1 aliphatic rings. The summed E-state index contributed by atoms with van der Waals surface area (Å²) < 4.78 is 13.5. The van der Waals surface area contributed by atoms with Gasteiger partial charge in [0.2, 0.25) is 11.8 Å². The Labute approximate surface area is 119 Å². The zero-order valence-corrected chi connectivity index (χ0v) is 12.5. The van der Waals surface area contributed by atoms with E-state index < -0.39 is 0 Å². The molecule has 0 aromatic heterocycles. The van der Waals surface area contributed by atoms with Gasteiger partial charge in [-0.25, -0.2) is 4.39 Å². The van der Waals surface area contributed by atoms with Crippen molar-refractivity contribution in [3.63, 3.8) is 0 Å². The molecule has 0 atom stereocenters. The third kappa shape index (κ3) is 3.21. The lowest BCUT2D eigenvalue weighted by Crippen LogP contribution is -2.45. The zero-order valence-electron chi connectivity index (χ0n) is 10.9. The molecule has 0 aliphatic carbocycles. The van der Waals surface area contributed by atoms with Crippen LogP contribution in [0.15, 0.2) is 22.7 Å². The lowest BCUT2D eigenvalue weighted by atomic mass is 9.81. The standard InChI is InChI=1S/C14H15BrFNO2/c1-14(2)6-12(18)17(13(19)7-14)8-9-3-4-11(16)10(15)5-9/h3-5H,6-8H2,1-2H3. The molecule has 1 fully saturated rings. The number of halogens is 2. The highest BCUT2D eigenvalue weighted by atomic mass is 79.9. The van der Waals surface area contributed by atoms with Crippen LogP contribution < -0.4 is 0 Å². The van der Waals surface area contributed by atoms with E-state index in [-0.39, 0.29) is 29.6 Å². The Hall–Kier alpha value is -1.23. The van der Waals surface area contributed by atoms with E-state index in [2.05, 4.69) is 15.9 Å². The molecule has 0 unspecified atom stereocenters. The van der Waals surface area contributed by atoms with Gasteiger partial charge in [-0.3, -0.25) is 14.5 Å². The minimum Gasteiger partial charge on any atom is -0.278 e. The van der Waals surface area contributed by atoms with E-state index >= 15 is 0 Å². The fourth-order valence-corrected chi connectivity index (χ4v) is 2.63. The number of imide groups is 1. The largest absolute Gasteiger partial charge is 0.278 e. The van der Waals surface area contributed by atoms with Gasteiger partial charge in [0.25, 0.3) is 0 Å². The van der Waals surface area contributed by atoms with Crippen LogP contribution in [0.2, 0.25) is 0 Å². The first-order valence-electron chi connectivity index (χ1n) is 6.06. The van der Waals surface area contributed by atoms with Gasteiger partial charge in [0.15, 0.2) is 0 Å². The van der Waals surface area contributed by atoms with Gasteiger partial charge >= 0.3 is 0 Å². The van der Waals surface area contributed by atoms with Crippen molar-refractivity contribution in [1.82, 2.24) is 4.90 Å². The summed E-state index contributed by atoms with van der Waals surface area (Å²) in [6, 6.07) is 4.50.